The molecule has 0 aromatic heterocycles. The molecule has 0 fully saturated rings. The van der Waals surface area contributed by atoms with Gasteiger partial charge in [-0.2, -0.15) is 0 Å². The van der Waals surface area contributed by atoms with E-state index in [1.165, 1.54) is 4.90 Å². The number of carbonyl (C=O) groups excluding carboxylic acids is 2. The van der Waals surface area contributed by atoms with Crippen molar-refractivity contribution in [1.29, 1.82) is 0 Å². The van der Waals surface area contributed by atoms with Crippen LogP contribution in [0.15, 0.2) is 91.0 Å². The second kappa shape index (κ2) is 8.81. The second-order valence-corrected chi connectivity index (χ2v) is 6.33. The molecule has 0 heterocycles. The SMILES string of the molecule is CN(CC(=O)N(Cc1ccccc1)C(=O)c1ccccc1)c1ccccc1. The minimum atomic E-state index is -0.286. The number of likely N-dealkylation sites (N-methyl/N-ethyl adjacent to an activating group) is 1. The van der Waals surface area contributed by atoms with Crippen LogP contribution in [-0.2, 0) is 11.3 Å². The lowest BCUT2D eigenvalue weighted by atomic mass is 10.1. The van der Waals surface area contributed by atoms with Crippen molar-refractivity contribution >= 4 is 17.5 Å². The first kappa shape index (κ1) is 18.4. The molecule has 0 saturated carbocycles. The van der Waals surface area contributed by atoms with E-state index in [0.29, 0.717) is 5.56 Å². The molecule has 4 heteroatoms. The smallest absolute Gasteiger partial charge is 0.260 e. The first-order chi connectivity index (χ1) is 13.1. The lowest BCUT2D eigenvalue weighted by Gasteiger charge is -2.25. The Bertz CT molecular complexity index is 880. The van der Waals surface area contributed by atoms with Crippen LogP contribution in [0.2, 0.25) is 0 Å². The molecule has 0 aliphatic heterocycles. The van der Waals surface area contributed by atoms with E-state index in [-0.39, 0.29) is 24.9 Å². The summed E-state index contributed by atoms with van der Waals surface area (Å²) in [7, 11) is 1.85. The predicted molar refractivity (Wildman–Crippen MR) is 107 cm³/mol. The quantitative estimate of drug-likeness (QED) is 0.669. The standard InChI is InChI=1S/C23H22N2O2/c1-24(21-15-9-4-10-16-21)18-22(26)25(17-19-11-5-2-6-12-19)23(27)20-13-7-3-8-14-20/h2-16H,17-18H2,1H3. The van der Waals surface area contributed by atoms with Crippen LogP contribution in [0.25, 0.3) is 0 Å². The fraction of sp³-hybridized carbons (Fsp3) is 0.130. The molecule has 136 valence electrons. The van der Waals surface area contributed by atoms with E-state index in [0.717, 1.165) is 11.3 Å². The molecule has 0 bridgehead atoms. The maximum Gasteiger partial charge on any atom is 0.260 e. The summed E-state index contributed by atoms with van der Waals surface area (Å²) in [6, 6.07) is 28.1. The number of carbonyl (C=O) groups is 2. The third-order valence-electron chi connectivity index (χ3n) is 4.32. The minimum Gasteiger partial charge on any atom is -0.365 e. The van der Waals surface area contributed by atoms with E-state index in [1.54, 1.807) is 24.3 Å². The van der Waals surface area contributed by atoms with Crippen molar-refractivity contribution in [2.24, 2.45) is 0 Å². The summed E-state index contributed by atoms with van der Waals surface area (Å²) >= 11 is 0. The molecular formula is C23H22N2O2. The molecule has 0 spiro atoms. The molecule has 3 aromatic rings. The van der Waals surface area contributed by atoms with Crippen molar-refractivity contribution in [3.63, 3.8) is 0 Å². The monoisotopic (exact) mass is 358 g/mol. The number of hydrogen-bond donors (Lipinski definition) is 0. The first-order valence-electron chi connectivity index (χ1n) is 8.85. The van der Waals surface area contributed by atoms with Crippen LogP contribution in [0.3, 0.4) is 0 Å². The third-order valence-corrected chi connectivity index (χ3v) is 4.32. The predicted octanol–water partition coefficient (Wildman–Crippen LogP) is 3.99. The molecule has 0 atom stereocenters. The van der Waals surface area contributed by atoms with E-state index >= 15 is 0 Å². The van der Waals surface area contributed by atoms with Crippen LogP contribution < -0.4 is 4.90 Å². The lowest BCUT2D eigenvalue weighted by Crippen LogP contribution is -2.42. The highest BCUT2D eigenvalue weighted by Crippen LogP contribution is 2.14. The van der Waals surface area contributed by atoms with Gasteiger partial charge in [-0.25, -0.2) is 0 Å². The van der Waals surface area contributed by atoms with Gasteiger partial charge in [-0.3, -0.25) is 14.5 Å². The van der Waals surface area contributed by atoms with E-state index in [1.807, 2.05) is 78.7 Å². The summed E-state index contributed by atoms with van der Waals surface area (Å²) in [6.45, 7) is 0.367. The van der Waals surface area contributed by atoms with Crippen LogP contribution in [0.1, 0.15) is 15.9 Å². The van der Waals surface area contributed by atoms with Crippen LogP contribution in [0.4, 0.5) is 5.69 Å². The van der Waals surface area contributed by atoms with Crippen molar-refractivity contribution in [1.82, 2.24) is 4.90 Å². The Morgan fingerprint density at radius 2 is 1.26 bits per heavy atom. The average Bonchev–Trinajstić information content (AvgIpc) is 2.73. The average molecular weight is 358 g/mol. The molecule has 3 rings (SSSR count). The van der Waals surface area contributed by atoms with Gasteiger partial charge in [0, 0.05) is 18.3 Å². The Morgan fingerprint density at radius 1 is 0.741 bits per heavy atom. The van der Waals surface area contributed by atoms with E-state index < -0.39 is 0 Å². The fourth-order valence-corrected chi connectivity index (χ4v) is 2.84. The van der Waals surface area contributed by atoms with Gasteiger partial charge in [0.25, 0.3) is 5.91 Å². The molecule has 0 N–H and O–H groups in total. The fourth-order valence-electron chi connectivity index (χ4n) is 2.84. The van der Waals surface area contributed by atoms with Crippen molar-refractivity contribution in [3.05, 3.63) is 102 Å². The van der Waals surface area contributed by atoms with Crippen LogP contribution >= 0.6 is 0 Å². The van der Waals surface area contributed by atoms with E-state index in [2.05, 4.69) is 0 Å². The van der Waals surface area contributed by atoms with E-state index in [9.17, 15) is 9.59 Å². The Hall–Kier alpha value is -3.40. The summed E-state index contributed by atoms with van der Waals surface area (Å²) in [5.41, 5.74) is 2.35. The Labute approximate surface area is 159 Å². The molecule has 0 radical (unpaired) electrons. The van der Waals surface area contributed by atoms with Gasteiger partial charge in [-0.05, 0) is 29.8 Å². The topological polar surface area (TPSA) is 40.6 Å². The number of benzene rings is 3. The molecule has 27 heavy (non-hydrogen) atoms. The molecule has 2 amide bonds. The summed E-state index contributed by atoms with van der Waals surface area (Å²) in [5.74, 6) is -0.523. The van der Waals surface area contributed by atoms with Gasteiger partial charge in [0.15, 0.2) is 0 Å². The first-order valence-corrected chi connectivity index (χ1v) is 8.85. The zero-order valence-corrected chi connectivity index (χ0v) is 15.3. The largest absolute Gasteiger partial charge is 0.365 e. The zero-order valence-electron chi connectivity index (χ0n) is 15.3. The van der Waals surface area contributed by atoms with Crippen molar-refractivity contribution < 1.29 is 9.59 Å². The molecule has 0 unspecified atom stereocenters. The van der Waals surface area contributed by atoms with E-state index in [4.69, 9.17) is 0 Å². The maximum atomic E-state index is 13.0. The minimum absolute atomic E-state index is 0.120. The summed E-state index contributed by atoms with van der Waals surface area (Å²) in [4.78, 5) is 29.2. The normalized spacial score (nSPS) is 10.3. The maximum absolute atomic E-state index is 13.0. The zero-order chi connectivity index (χ0) is 19.1. The molecule has 0 aliphatic carbocycles. The molecule has 0 saturated heterocycles. The molecular weight excluding hydrogens is 336 g/mol. The highest BCUT2D eigenvalue weighted by atomic mass is 16.2. The van der Waals surface area contributed by atoms with Gasteiger partial charge in [-0.1, -0.05) is 66.7 Å². The number of amides is 2. The van der Waals surface area contributed by atoms with Gasteiger partial charge in [0.1, 0.15) is 0 Å². The summed E-state index contributed by atoms with van der Waals surface area (Å²) < 4.78 is 0. The second-order valence-electron chi connectivity index (χ2n) is 6.33. The van der Waals surface area contributed by atoms with Gasteiger partial charge < -0.3 is 4.90 Å². The van der Waals surface area contributed by atoms with Gasteiger partial charge in [0.2, 0.25) is 5.91 Å². The highest BCUT2D eigenvalue weighted by molar-refractivity contribution is 6.05. The Kier molecular flexibility index (Phi) is 6.00. The van der Waals surface area contributed by atoms with Crippen LogP contribution in [-0.4, -0.2) is 30.3 Å². The van der Waals surface area contributed by atoms with Crippen LogP contribution in [0.5, 0.6) is 0 Å². The van der Waals surface area contributed by atoms with Gasteiger partial charge in [-0.15, -0.1) is 0 Å². The number of anilines is 1. The van der Waals surface area contributed by atoms with Crippen molar-refractivity contribution in [3.8, 4) is 0 Å². The number of nitrogens with zero attached hydrogens (tertiary/aromatic N) is 2. The summed E-state index contributed by atoms with van der Waals surface area (Å²) in [5, 5.41) is 0. The molecule has 0 aliphatic rings. The Morgan fingerprint density at radius 3 is 1.85 bits per heavy atom. The number of para-hydroxylation sites is 1. The Balaban J connectivity index is 1.82. The lowest BCUT2D eigenvalue weighted by molar-refractivity contribution is -0.127. The van der Waals surface area contributed by atoms with Crippen molar-refractivity contribution in [2.75, 3.05) is 18.5 Å². The van der Waals surface area contributed by atoms with Gasteiger partial charge >= 0.3 is 0 Å². The third kappa shape index (κ3) is 4.82. The molecule has 3 aromatic carbocycles. The van der Waals surface area contributed by atoms with Crippen LogP contribution in [0, 0.1) is 0 Å². The highest BCUT2D eigenvalue weighted by Gasteiger charge is 2.24. The molecule has 4 nitrogen and oxygen atoms in total. The van der Waals surface area contributed by atoms with Gasteiger partial charge in [0.05, 0.1) is 13.1 Å². The summed E-state index contributed by atoms with van der Waals surface area (Å²) in [6.07, 6.45) is 0. The number of hydrogen-bond acceptors (Lipinski definition) is 3. The number of imide groups is 1. The van der Waals surface area contributed by atoms with Crippen molar-refractivity contribution in [2.45, 2.75) is 6.54 Å². The number of rotatable bonds is 6.